The van der Waals surface area contributed by atoms with Crippen LogP contribution in [0.3, 0.4) is 0 Å². The van der Waals surface area contributed by atoms with Crippen molar-refractivity contribution in [2.45, 2.75) is 38.6 Å². The number of ether oxygens (including phenoxy) is 1. The van der Waals surface area contributed by atoms with Gasteiger partial charge in [0.2, 0.25) is 0 Å². The van der Waals surface area contributed by atoms with Crippen molar-refractivity contribution in [1.29, 1.82) is 0 Å². The van der Waals surface area contributed by atoms with Gasteiger partial charge in [0.25, 0.3) is 5.91 Å². The van der Waals surface area contributed by atoms with Gasteiger partial charge >= 0.3 is 6.09 Å². The average Bonchev–Trinajstić information content (AvgIpc) is 2.94. The topological polar surface area (TPSA) is 75.6 Å². The summed E-state index contributed by atoms with van der Waals surface area (Å²) in [5.74, 6) is 0.185. The van der Waals surface area contributed by atoms with Gasteiger partial charge in [0, 0.05) is 32.0 Å². The SMILES string of the molecule is CCCCOC(=O)N1C[C@H]2CC[C@@H]1CN(C(=O)c1cnccn1)C2. The molecular weight excluding hydrogens is 308 g/mol. The van der Waals surface area contributed by atoms with Crippen LogP contribution >= 0.6 is 0 Å². The van der Waals surface area contributed by atoms with Crippen LogP contribution in [0.5, 0.6) is 0 Å². The van der Waals surface area contributed by atoms with Gasteiger partial charge < -0.3 is 14.5 Å². The summed E-state index contributed by atoms with van der Waals surface area (Å²) in [7, 11) is 0. The Morgan fingerprint density at radius 1 is 1.25 bits per heavy atom. The monoisotopic (exact) mass is 332 g/mol. The second kappa shape index (κ2) is 7.59. The van der Waals surface area contributed by atoms with Crippen molar-refractivity contribution >= 4 is 12.0 Å². The Morgan fingerprint density at radius 3 is 2.88 bits per heavy atom. The van der Waals surface area contributed by atoms with Crippen molar-refractivity contribution in [2.24, 2.45) is 5.92 Å². The molecule has 7 nitrogen and oxygen atoms in total. The van der Waals surface area contributed by atoms with E-state index in [2.05, 4.69) is 16.9 Å². The highest BCUT2D eigenvalue weighted by Crippen LogP contribution is 2.29. The molecule has 4 rings (SSSR count). The number of piperidine rings is 1. The van der Waals surface area contributed by atoms with Crippen LogP contribution in [0.2, 0.25) is 0 Å². The van der Waals surface area contributed by atoms with Crippen LogP contribution in [-0.4, -0.2) is 64.1 Å². The highest BCUT2D eigenvalue weighted by molar-refractivity contribution is 5.92. The second-order valence-electron chi connectivity index (χ2n) is 6.52. The summed E-state index contributed by atoms with van der Waals surface area (Å²) < 4.78 is 5.37. The lowest BCUT2D eigenvalue weighted by Gasteiger charge is -2.35. The number of carbonyl (C=O) groups excluding carboxylic acids is 2. The lowest BCUT2D eigenvalue weighted by Crippen LogP contribution is -2.48. The van der Waals surface area contributed by atoms with Gasteiger partial charge in [-0.1, -0.05) is 13.3 Å². The van der Waals surface area contributed by atoms with Crippen LogP contribution in [0.1, 0.15) is 43.1 Å². The maximum Gasteiger partial charge on any atom is 0.410 e. The molecule has 2 atom stereocenters. The van der Waals surface area contributed by atoms with Gasteiger partial charge in [-0.2, -0.15) is 0 Å². The summed E-state index contributed by atoms with van der Waals surface area (Å²) in [4.78, 5) is 36.7. The van der Waals surface area contributed by atoms with E-state index in [-0.39, 0.29) is 18.0 Å². The molecule has 3 aliphatic rings. The van der Waals surface area contributed by atoms with Gasteiger partial charge in [-0.05, 0) is 25.2 Å². The van der Waals surface area contributed by atoms with Gasteiger partial charge in [0.1, 0.15) is 5.69 Å². The molecule has 0 spiro atoms. The van der Waals surface area contributed by atoms with Crippen LogP contribution in [0, 0.1) is 5.92 Å². The molecule has 0 N–H and O–H groups in total. The second-order valence-corrected chi connectivity index (χ2v) is 6.52. The third-order valence-corrected chi connectivity index (χ3v) is 4.74. The molecule has 130 valence electrons. The molecule has 0 unspecified atom stereocenters. The van der Waals surface area contributed by atoms with E-state index >= 15 is 0 Å². The fourth-order valence-corrected chi connectivity index (χ4v) is 3.43. The van der Waals surface area contributed by atoms with Crippen LogP contribution in [0.25, 0.3) is 0 Å². The van der Waals surface area contributed by atoms with Crippen molar-refractivity contribution in [3.05, 3.63) is 24.3 Å². The minimum absolute atomic E-state index is 0.0264. The number of hydrogen-bond donors (Lipinski definition) is 0. The predicted molar refractivity (Wildman–Crippen MR) is 87.4 cm³/mol. The number of carbonyl (C=O) groups is 2. The van der Waals surface area contributed by atoms with E-state index in [0.29, 0.717) is 37.9 Å². The molecule has 7 heteroatoms. The highest BCUT2D eigenvalue weighted by atomic mass is 16.6. The first-order valence-corrected chi connectivity index (χ1v) is 8.67. The quantitative estimate of drug-likeness (QED) is 0.788. The largest absolute Gasteiger partial charge is 0.449 e. The molecule has 0 saturated carbocycles. The van der Waals surface area contributed by atoms with E-state index in [9.17, 15) is 9.59 Å². The molecule has 3 fully saturated rings. The van der Waals surface area contributed by atoms with E-state index in [0.717, 1.165) is 25.7 Å². The maximum absolute atomic E-state index is 12.6. The molecule has 0 aliphatic carbocycles. The first-order valence-electron chi connectivity index (χ1n) is 8.67. The van der Waals surface area contributed by atoms with Gasteiger partial charge in [-0.25, -0.2) is 9.78 Å². The lowest BCUT2D eigenvalue weighted by atomic mass is 9.95. The molecule has 0 radical (unpaired) electrons. The van der Waals surface area contributed by atoms with Crippen LogP contribution in [0.4, 0.5) is 4.79 Å². The summed E-state index contributed by atoms with van der Waals surface area (Å²) in [6.45, 7) is 4.39. The number of hydrogen-bond acceptors (Lipinski definition) is 5. The molecule has 2 amide bonds. The minimum atomic E-state index is -0.244. The zero-order chi connectivity index (χ0) is 16.9. The highest BCUT2D eigenvalue weighted by Gasteiger charge is 2.39. The first kappa shape index (κ1) is 16.7. The van der Waals surface area contributed by atoms with Gasteiger partial charge in [-0.3, -0.25) is 9.78 Å². The van der Waals surface area contributed by atoms with Gasteiger partial charge in [0.15, 0.2) is 0 Å². The molecule has 1 aromatic rings. The van der Waals surface area contributed by atoms with Crippen molar-refractivity contribution in [2.75, 3.05) is 26.2 Å². The van der Waals surface area contributed by atoms with E-state index in [4.69, 9.17) is 4.74 Å². The Balaban J connectivity index is 1.67. The summed E-state index contributed by atoms with van der Waals surface area (Å²) in [5.41, 5.74) is 0.357. The molecule has 1 aromatic heterocycles. The number of nitrogens with zero attached hydrogens (tertiary/aromatic N) is 4. The number of amides is 2. The number of rotatable bonds is 4. The van der Waals surface area contributed by atoms with Crippen molar-refractivity contribution in [1.82, 2.24) is 19.8 Å². The molecule has 24 heavy (non-hydrogen) atoms. The van der Waals surface area contributed by atoms with Gasteiger partial charge in [0.05, 0.1) is 18.8 Å². The fraction of sp³-hybridized carbons (Fsp3) is 0.647. The third-order valence-electron chi connectivity index (χ3n) is 4.74. The Bertz CT molecular complexity index is 580. The van der Waals surface area contributed by atoms with Crippen LogP contribution in [-0.2, 0) is 4.74 Å². The summed E-state index contributed by atoms with van der Waals surface area (Å²) >= 11 is 0. The zero-order valence-electron chi connectivity index (χ0n) is 14.1. The minimum Gasteiger partial charge on any atom is -0.449 e. The fourth-order valence-electron chi connectivity index (χ4n) is 3.43. The molecule has 4 heterocycles. The lowest BCUT2D eigenvalue weighted by molar-refractivity contribution is 0.0639. The number of unbranched alkanes of at least 4 members (excludes halogenated alkanes) is 1. The third kappa shape index (κ3) is 3.66. The smallest absolute Gasteiger partial charge is 0.410 e. The number of fused-ring (bicyclic) bond motifs is 4. The Hall–Kier alpha value is -2.18. The Morgan fingerprint density at radius 2 is 2.12 bits per heavy atom. The van der Waals surface area contributed by atoms with Crippen LogP contribution in [0.15, 0.2) is 18.6 Å². The first-order chi connectivity index (χ1) is 11.7. The standard InChI is InChI=1S/C17H24N4O3/c1-2-3-8-24-17(23)21-11-13-4-5-14(21)12-20(10-13)16(22)15-9-18-6-7-19-15/h6-7,9,13-14H,2-5,8,10-12H2,1H3/t13-,14+/m0/s1. The predicted octanol–water partition coefficient (Wildman–Crippen LogP) is 1.95. The summed E-state index contributed by atoms with van der Waals surface area (Å²) in [6.07, 6.45) is 8.16. The van der Waals surface area contributed by atoms with Crippen molar-refractivity contribution < 1.29 is 14.3 Å². The zero-order valence-corrected chi connectivity index (χ0v) is 14.1. The molecular formula is C17H24N4O3. The normalized spacial score (nSPS) is 23.0. The molecule has 3 aliphatic heterocycles. The van der Waals surface area contributed by atoms with E-state index in [1.807, 2.05) is 9.80 Å². The Kier molecular flexibility index (Phi) is 5.27. The van der Waals surface area contributed by atoms with Gasteiger partial charge in [-0.15, -0.1) is 0 Å². The van der Waals surface area contributed by atoms with Crippen molar-refractivity contribution in [3.8, 4) is 0 Å². The van der Waals surface area contributed by atoms with Crippen molar-refractivity contribution in [3.63, 3.8) is 0 Å². The maximum atomic E-state index is 12.6. The molecule has 2 bridgehead atoms. The summed E-state index contributed by atoms with van der Waals surface area (Å²) in [6, 6.07) is 0.0264. The van der Waals surface area contributed by atoms with Crippen LogP contribution < -0.4 is 0 Å². The average molecular weight is 332 g/mol. The van der Waals surface area contributed by atoms with E-state index < -0.39 is 0 Å². The molecule has 0 aromatic carbocycles. The van der Waals surface area contributed by atoms with E-state index in [1.54, 1.807) is 6.20 Å². The number of aromatic nitrogens is 2. The van der Waals surface area contributed by atoms with E-state index in [1.165, 1.54) is 12.4 Å². The Labute approximate surface area is 142 Å². The molecule has 3 saturated heterocycles. The summed E-state index contributed by atoms with van der Waals surface area (Å²) in [5, 5.41) is 0.